The van der Waals surface area contributed by atoms with Gasteiger partial charge in [-0.25, -0.2) is 0 Å². The molecule has 1 fully saturated rings. The van der Waals surface area contributed by atoms with Crippen molar-refractivity contribution in [2.45, 2.75) is 39.5 Å². The maximum Gasteiger partial charge on any atom is 0.250 e. The SMILES string of the molecule is Cc1cc(C)c(NC(=O)CN2CCC(c3nnc(-c4ccoc4)o3)CC2)c(C)c1. The third kappa shape index (κ3) is 4.40. The molecule has 0 radical (unpaired) electrons. The number of hydrogen-bond acceptors (Lipinski definition) is 6. The average molecular weight is 394 g/mol. The number of carbonyl (C=O) groups is 1. The maximum atomic E-state index is 12.6. The van der Waals surface area contributed by atoms with E-state index in [9.17, 15) is 4.79 Å². The van der Waals surface area contributed by atoms with E-state index in [4.69, 9.17) is 8.83 Å². The zero-order valence-electron chi connectivity index (χ0n) is 17.1. The van der Waals surface area contributed by atoms with Crippen LogP contribution in [0.25, 0.3) is 11.5 Å². The third-order valence-corrected chi connectivity index (χ3v) is 5.45. The first-order valence-corrected chi connectivity index (χ1v) is 9.95. The Labute approximate surface area is 170 Å². The van der Waals surface area contributed by atoms with Crippen LogP contribution in [0.15, 0.2) is 39.6 Å². The van der Waals surface area contributed by atoms with Gasteiger partial charge in [0.25, 0.3) is 5.89 Å². The number of piperidine rings is 1. The smallest absolute Gasteiger partial charge is 0.250 e. The Morgan fingerprint density at radius 3 is 2.55 bits per heavy atom. The van der Waals surface area contributed by atoms with Gasteiger partial charge < -0.3 is 14.2 Å². The van der Waals surface area contributed by atoms with Gasteiger partial charge in [0.1, 0.15) is 6.26 Å². The third-order valence-electron chi connectivity index (χ3n) is 5.45. The van der Waals surface area contributed by atoms with Crippen molar-refractivity contribution in [3.63, 3.8) is 0 Å². The van der Waals surface area contributed by atoms with E-state index in [-0.39, 0.29) is 11.8 Å². The second kappa shape index (κ2) is 8.21. The summed E-state index contributed by atoms with van der Waals surface area (Å²) < 4.78 is 10.9. The lowest BCUT2D eigenvalue weighted by molar-refractivity contribution is -0.117. The lowest BCUT2D eigenvalue weighted by Gasteiger charge is -2.29. The van der Waals surface area contributed by atoms with E-state index in [0.717, 1.165) is 48.3 Å². The zero-order valence-corrected chi connectivity index (χ0v) is 17.1. The van der Waals surface area contributed by atoms with Crippen molar-refractivity contribution in [2.75, 3.05) is 25.0 Å². The highest BCUT2D eigenvalue weighted by atomic mass is 16.4. The van der Waals surface area contributed by atoms with Crippen molar-refractivity contribution in [1.82, 2.24) is 15.1 Å². The molecule has 7 heteroatoms. The number of carbonyl (C=O) groups excluding carboxylic acids is 1. The first-order chi connectivity index (χ1) is 14.0. The molecule has 7 nitrogen and oxygen atoms in total. The average Bonchev–Trinajstić information content (AvgIpc) is 3.37. The molecule has 0 atom stereocenters. The number of likely N-dealkylation sites (tertiary alicyclic amines) is 1. The summed E-state index contributed by atoms with van der Waals surface area (Å²) in [5.41, 5.74) is 5.11. The molecule has 2 aromatic heterocycles. The molecule has 0 bridgehead atoms. The Hall–Kier alpha value is -2.93. The van der Waals surface area contributed by atoms with Crippen LogP contribution in [0.4, 0.5) is 5.69 Å². The van der Waals surface area contributed by atoms with Crippen LogP contribution in [0, 0.1) is 20.8 Å². The molecule has 0 aliphatic carbocycles. The first-order valence-electron chi connectivity index (χ1n) is 9.95. The van der Waals surface area contributed by atoms with Gasteiger partial charge in [0.15, 0.2) is 0 Å². The largest absolute Gasteiger partial charge is 0.472 e. The van der Waals surface area contributed by atoms with Gasteiger partial charge in [0, 0.05) is 11.6 Å². The number of anilines is 1. The number of benzene rings is 1. The van der Waals surface area contributed by atoms with Gasteiger partial charge in [-0.2, -0.15) is 0 Å². The number of furan rings is 1. The summed E-state index contributed by atoms with van der Waals surface area (Å²) in [5.74, 6) is 1.40. The second-order valence-corrected chi connectivity index (χ2v) is 7.83. The van der Waals surface area contributed by atoms with Crippen LogP contribution in [0.5, 0.6) is 0 Å². The Bertz CT molecular complexity index is 962. The normalized spacial score (nSPS) is 15.6. The van der Waals surface area contributed by atoms with Crippen LogP contribution in [0.2, 0.25) is 0 Å². The molecule has 0 unspecified atom stereocenters. The predicted molar refractivity (Wildman–Crippen MR) is 110 cm³/mol. The molecule has 4 rings (SSSR count). The van der Waals surface area contributed by atoms with Crippen molar-refractivity contribution < 1.29 is 13.6 Å². The fourth-order valence-electron chi connectivity index (χ4n) is 4.00. The summed E-state index contributed by atoms with van der Waals surface area (Å²) in [6.07, 6.45) is 4.96. The van der Waals surface area contributed by atoms with Crippen LogP contribution in [-0.2, 0) is 4.79 Å². The van der Waals surface area contributed by atoms with Gasteiger partial charge in [0.05, 0.1) is 18.4 Å². The Morgan fingerprint density at radius 2 is 1.90 bits per heavy atom. The van der Waals surface area contributed by atoms with Crippen LogP contribution in [-0.4, -0.2) is 40.6 Å². The molecule has 1 saturated heterocycles. The molecular formula is C22H26N4O3. The van der Waals surface area contributed by atoms with E-state index in [1.54, 1.807) is 18.6 Å². The van der Waals surface area contributed by atoms with Crippen molar-refractivity contribution >= 4 is 11.6 Å². The van der Waals surface area contributed by atoms with E-state index in [0.29, 0.717) is 18.3 Å². The zero-order chi connectivity index (χ0) is 20.4. The highest BCUT2D eigenvalue weighted by Gasteiger charge is 2.26. The Kier molecular flexibility index (Phi) is 5.49. The van der Waals surface area contributed by atoms with Gasteiger partial charge in [0.2, 0.25) is 11.8 Å². The summed E-state index contributed by atoms with van der Waals surface area (Å²) in [6.45, 7) is 8.17. The topological polar surface area (TPSA) is 84.4 Å². The van der Waals surface area contributed by atoms with E-state index in [1.165, 1.54) is 5.56 Å². The van der Waals surface area contributed by atoms with Crippen molar-refractivity contribution in [3.05, 3.63) is 53.3 Å². The minimum absolute atomic E-state index is 0.0264. The highest BCUT2D eigenvalue weighted by molar-refractivity contribution is 5.93. The van der Waals surface area contributed by atoms with Crippen LogP contribution in [0.3, 0.4) is 0 Å². The highest BCUT2D eigenvalue weighted by Crippen LogP contribution is 2.29. The molecule has 152 valence electrons. The second-order valence-electron chi connectivity index (χ2n) is 7.83. The summed E-state index contributed by atoms with van der Waals surface area (Å²) >= 11 is 0. The molecule has 3 heterocycles. The van der Waals surface area contributed by atoms with Crippen molar-refractivity contribution in [1.29, 1.82) is 0 Å². The van der Waals surface area contributed by atoms with E-state index >= 15 is 0 Å². The minimum atomic E-state index is 0.0264. The summed E-state index contributed by atoms with van der Waals surface area (Å²) in [5, 5.41) is 11.4. The Balaban J connectivity index is 1.30. The fourth-order valence-corrected chi connectivity index (χ4v) is 4.00. The van der Waals surface area contributed by atoms with Crippen LogP contribution in [0.1, 0.15) is 41.3 Å². The van der Waals surface area contributed by atoms with E-state index in [1.807, 2.05) is 13.8 Å². The van der Waals surface area contributed by atoms with Gasteiger partial charge in [-0.3, -0.25) is 9.69 Å². The van der Waals surface area contributed by atoms with Crippen LogP contribution >= 0.6 is 0 Å². The number of aryl methyl sites for hydroxylation is 3. The summed E-state index contributed by atoms with van der Waals surface area (Å²) in [6, 6.07) is 5.99. The number of hydrogen-bond donors (Lipinski definition) is 1. The van der Waals surface area contributed by atoms with Crippen LogP contribution < -0.4 is 5.32 Å². The lowest BCUT2D eigenvalue weighted by Crippen LogP contribution is -2.39. The van der Waals surface area contributed by atoms with E-state index < -0.39 is 0 Å². The fraction of sp³-hybridized carbons (Fsp3) is 0.409. The van der Waals surface area contributed by atoms with Crippen molar-refractivity contribution in [3.8, 4) is 11.5 Å². The molecule has 1 aliphatic rings. The van der Waals surface area contributed by atoms with Gasteiger partial charge in [-0.1, -0.05) is 17.7 Å². The molecule has 1 aliphatic heterocycles. The summed E-state index contributed by atoms with van der Waals surface area (Å²) in [4.78, 5) is 14.7. The Morgan fingerprint density at radius 1 is 1.17 bits per heavy atom. The molecule has 1 amide bonds. The quantitative estimate of drug-likeness (QED) is 0.702. The van der Waals surface area contributed by atoms with Gasteiger partial charge >= 0.3 is 0 Å². The molecular weight excluding hydrogens is 368 g/mol. The number of amides is 1. The van der Waals surface area contributed by atoms with Gasteiger partial charge in [-0.15, -0.1) is 10.2 Å². The van der Waals surface area contributed by atoms with Gasteiger partial charge in [-0.05, 0) is 63.9 Å². The summed E-state index contributed by atoms with van der Waals surface area (Å²) in [7, 11) is 0. The minimum Gasteiger partial charge on any atom is -0.472 e. The number of rotatable bonds is 5. The molecule has 3 aromatic rings. The lowest BCUT2D eigenvalue weighted by atomic mass is 9.97. The molecule has 0 saturated carbocycles. The molecule has 1 N–H and O–H groups in total. The standard InChI is InChI=1S/C22H26N4O3/c1-14-10-15(2)20(16(3)11-14)23-19(27)12-26-7-4-17(5-8-26)21-24-25-22(29-21)18-6-9-28-13-18/h6,9-11,13,17H,4-5,7-8,12H2,1-3H3,(H,23,27). The monoisotopic (exact) mass is 394 g/mol. The number of nitrogens with one attached hydrogen (secondary N) is 1. The molecule has 29 heavy (non-hydrogen) atoms. The van der Waals surface area contributed by atoms with E-state index in [2.05, 4.69) is 39.5 Å². The predicted octanol–water partition coefficient (Wildman–Crippen LogP) is 4.07. The first kappa shape index (κ1) is 19.4. The molecule has 1 aromatic carbocycles. The number of aromatic nitrogens is 2. The maximum absolute atomic E-state index is 12.6. The molecule has 0 spiro atoms. The number of nitrogens with zero attached hydrogens (tertiary/aromatic N) is 3. The van der Waals surface area contributed by atoms with Crippen molar-refractivity contribution in [2.24, 2.45) is 0 Å².